The van der Waals surface area contributed by atoms with Gasteiger partial charge in [0.05, 0.1) is 12.4 Å². The minimum atomic E-state index is -0.212. The minimum Gasteiger partial charge on any atom is -0.423 e. The third-order valence-electron chi connectivity index (χ3n) is 6.67. The second kappa shape index (κ2) is 17.2. The first kappa shape index (κ1) is 28.0. The summed E-state index contributed by atoms with van der Waals surface area (Å²) in [5.74, 6) is 1.50. The number of nitrogens with zero attached hydrogens (tertiary/aromatic N) is 2. The number of hydrogen-bond acceptors (Lipinski definition) is 4. The lowest BCUT2D eigenvalue weighted by Gasteiger charge is -2.08. The third kappa shape index (κ3) is 11.8. The van der Waals surface area contributed by atoms with Crippen LogP contribution < -0.4 is 4.74 Å². The second-order valence-electron chi connectivity index (χ2n) is 9.75. The molecule has 0 saturated carbocycles. The number of carbonyl (C=O) groups excluding carboxylic acids is 1. The van der Waals surface area contributed by atoms with Gasteiger partial charge in [0, 0.05) is 12.0 Å². The van der Waals surface area contributed by atoms with Crippen LogP contribution in [-0.4, -0.2) is 15.9 Å². The quantitative estimate of drug-likeness (QED) is 0.163. The summed E-state index contributed by atoms with van der Waals surface area (Å²) in [6.07, 6.45) is 21.5. The van der Waals surface area contributed by atoms with E-state index < -0.39 is 0 Å². The molecule has 0 amide bonds. The van der Waals surface area contributed by atoms with Gasteiger partial charge in [0.15, 0.2) is 11.6 Å². The number of unbranched alkanes of at least 4 members (excludes halogenated alkanes) is 9. The van der Waals surface area contributed by atoms with Crippen molar-refractivity contribution in [1.29, 1.82) is 0 Å². The molecule has 1 heterocycles. The maximum atomic E-state index is 12.0. The topological polar surface area (TPSA) is 52.1 Å². The fourth-order valence-electron chi connectivity index (χ4n) is 4.14. The van der Waals surface area contributed by atoms with Crippen molar-refractivity contribution in [3.8, 4) is 17.1 Å². The van der Waals surface area contributed by atoms with Crippen LogP contribution in [0.5, 0.6) is 5.75 Å². The Kier molecular flexibility index (Phi) is 14.2. The normalized spacial score (nSPS) is 12.0. The highest BCUT2D eigenvalue weighted by molar-refractivity contribution is 5.72. The zero-order valence-electron chi connectivity index (χ0n) is 21.9. The van der Waals surface area contributed by atoms with Crippen molar-refractivity contribution in [3.05, 3.63) is 42.2 Å². The number of hydrogen-bond donors (Lipinski definition) is 0. The molecule has 0 saturated heterocycles. The van der Waals surface area contributed by atoms with Crippen LogP contribution in [0.2, 0.25) is 0 Å². The molecule has 0 aliphatic heterocycles. The van der Waals surface area contributed by atoms with E-state index in [-0.39, 0.29) is 5.97 Å². The van der Waals surface area contributed by atoms with Crippen molar-refractivity contribution >= 4 is 5.97 Å². The monoisotopic (exact) mass is 466 g/mol. The van der Waals surface area contributed by atoms with E-state index in [0.29, 0.717) is 23.9 Å². The molecule has 1 aromatic heterocycles. The maximum absolute atomic E-state index is 12.0. The van der Waals surface area contributed by atoms with Crippen molar-refractivity contribution < 1.29 is 9.53 Å². The Morgan fingerprint density at radius 1 is 0.824 bits per heavy atom. The van der Waals surface area contributed by atoms with E-state index in [0.717, 1.165) is 31.2 Å². The lowest BCUT2D eigenvalue weighted by molar-refractivity contribution is -0.134. The Hall–Kier alpha value is -2.23. The van der Waals surface area contributed by atoms with E-state index in [1.165, 1.54) is 69.8 Å². The summed E-state index contributed by atoms with van der Waals surface area (Å²) in [6, 6.07) is 8.53. The predicted molar refractivity (Wildman–Crippen MR) is 142 cm³/mol. The first-order chi connectivity index (χ1) is 16.6. The van der Waals surface area contributed by atoms with Crippen molar-refractivity contribution in [3.63, 3.8) is 0 Å². The molecular formula is C30H46N2O2. The molecule has 1 unspecified atom stereocenters. The average molecular weight is 467 g/mol. The van der Waals surface area contributed by atoms with Gasteiger partial charge in [-0.25, -0.2) is 9.97 Å². The van der Waals surface area contributed by atoms with Gasteiger partial charge in [-0.2, -0.15) is 0 Å². The molecule has 0 bridgehead atoms. The molecule has 4 heteroatoms. The summed E-state index contributed by atoms with van der Waals surface area (Å²) in [7, 11) is 0. The number of aromatic nitrogens is 2. The SMILES string of the molecule is CCCCCCCCCCCCc1ccc(-c2ncc(OC(=O)CCCC(C)CC)cn2)cc1. The zero-order valence-corrected chi connectivity index (χ0v) is 21.9. The van der Waals surface area contributed by atoms with Crippen molar-refractivity contribution in [2.45, 2.75) is 117 Å². The Morgan fingerprint density at radius 3 is 2.00 bits per heavy atom. The molecule has 0 aliphatic rings. The number of benzene rings is 1. The van der Waals surface area contributed by atoms with Crippen molar-refractivity contribution in [2.75, 3.05) is 0 Å². The average Bonchev–Trinajstić information content (AvgIpc) is 2.86. The maximum Gasteiger partial charge on any atom is 0.311 e. The number of ether oxygens (including phenoxy) is 1. The van der Waals surface area contributed by atoms with Gasteiger partial charge in [-0.1, -0.05) is 116 Å². The Morgan fingerprint density at radius 2 is 1.41 bits per heavy atom. The van der Waals surface area contributed by atoms with Crippen LogP contribution in [-0.2, 0) is 11.2 Å². The highest BCUT2D eigenvalue weighted by Crippen LogP contribution is 2.19. The van der Waals surface area contributed by atoms with E-state index in [1.807, 2.05) is 0 Å². The molecule has 0 radical (unpaired) electrons. The van der Waals surface area contributed by atoms with Crippen LogP contribution in [0.4, 0.5) is 0 Å². The van der Waals surface area contributed by atoms with Gasteiger partial charge < -0.3 is 4.74 Å². The fourth-order valence-corrected chi connectivity index (χ4v) is 4.14. The van der Waals surface area contributed by atoms with Crippen molar-refractivity contribution in [2.24, 2.45) is 5.92 Å². The summed E-state index contributed by atoms with van der Waals surface area (Å²) in [5.41, 5.74) is 2.35. The van der Waals surface area contributed by atoms with Gasteiger partial charge in [-0.05, 0) is 30.7 Å². The summed E-state index contributed by atoms with van der Waals surface area (Å²) in [6.45, 7) is 6.66. The van der Waals surface area contributed by atoms with Gasteiger partial charge in [0.2, 0.25) is 0 Å². The molecule has 1 atom stereocenters. The van der Waals surface area contributed by atoms with Crippen LogP contribution in [0.1, 0.15) is 116 Å². The first-order valence-electron chi connectivity index (χ1n) is 13.7. The van der Waals surface area contributed by atoms with Crippen LogP contribution in [0, 0.1) is 5.92 Å². The molecule has 0 aliphatic carbocycles. The Labute approximate surface area is 208 Å². The van der Waals surface area contributed by atoms with Gasteiger partial charge in [0.25, 0.3) is 0 Å². The fraction of sp³-hybridized carbons (Fsp3) is 0.633. The van der Waals surface area contributed by atoms with E-state index in [1.54, 1.807) is 12.4 Å². The number of aryl methyl sites for hydroxylation is 1. The highest BCUT2D eigenvalue weighted by Gasteiger charge is 2.08. The lowest BCUT2D eigenvalue weighted by Crippen LogP contribution is -2.09. The molecule has 0 spiro atoms. The number of rotatable bonds is 18. The molecule has 0 fully saturated rings. The summed E-state index contributed by atoms with van der Waals surface area (Å²) in [5, 5.41) is 0. The number of carbonyl (C=O) groups is 1. The molecule has 188 valence electrons. The molecular weight excluding hydrogens is 420 g/mol. The van der Waals surface area contributed by atoms with E-state index >= 15 is 0 Å². The standard InChI is InChI=1S/C30H46N2O2/c1-4-6-7-8-9-10-11-12-13-14-17-26-19-21-27(22-20-26)30-31-23-28(24-32-30)34-29(33)18-15-16-25(3)5-2/h19-25H,4-18H2,1-3H3. The Balaban J connectivity index is 1.65. The van der Waals surface area contributed by atoms with Crippen LogP contribution >= 0.6 is 0 Å². The van der Waals surface area contributed by atoms with E-state index in [9.17, 15) is 4.79 Å². The molecule has 2 aromatic rings. The van der Waals surface area contributed by atoms with Gasteiger partial charge in [0.1, 0.15) is 0 Å². The smallest absolute Gasteiger partial charge is 0.311 e. The molecule has 4 nitrogen and oxygen atoms in total. The lowest BCUT2D eigenvalue weighted by atomic mass is 10.0. The van der Waals surface area contributed by atoms with Crippen molar-refractivity contribution in [1.82, 2.24) is 9.97 Å². The minimum absolute atomic E-state index is 0.212. The first-order valence-corrected chi connectivity index (χ1v) is 13.7. The summed E-state index contributed by atoms with van der Waals surface area (Å²) < 4.78 is 5.38. The van der Waals surface area contributed by atoms with E-state index in [2.05, 4.69) is 55.0 Å². The van der Waals surface area contributed by atoms with Gasteiger partial charge in [-0.15, -0.1) is 0 Å². The summed E-state index contributed by atoms with van der Waals surface area (Å²) in [4.78, 5) is 20.8. The molecule has 34 heavy (non-hydrogen) atoms. The molecule has 2 rings (SSSR count). The van der Waals surface area contributed by atoms with Crippen LogP contribution in [0.3, 0.4) is 0 Å². The third-order valence-corrected chi connectivity index (χ3v) is 6.67. The van der Waals surface area contributed by atoms with Crippen LogP contribution in [0.25, 0.3) is 11.4 Å². The van der Waals surface area contributed by atoms with Gasteiger partial charge in [-0.3, -0.25) is 4.79 Å². The Bertz CT molecular complexity index is 786. The molecule has 1 aromatic carbocycles. The molecule has 0 N–H and O–H groups in total. The number of esters is 1. The van der Waals surface area contributed by atoms with E-state index in [4.69, 9.17) is 4.74 Å². The highest BCUT2D eigenvalue weighted by atomic mass is 16.5. The largest absolute Gasteiger partial charge is 0.423 e. The zero-order chi connectivity index (χ0) is 24.4. The van der Waals surface area contributed by atoms with Gasteiger partial charge >= 0.3 is 5.97 Å². The second-order valence-corrected chi connectivity index (χ2v) is 9.75. The predicted octanol–water partition coefficient (Wildman–Crippen LogP) is 8.73. The van der Waals surface area contributed by atoms with Crippen LogP contribution in [0.15, 0.2) is 36.7 Å². The summed E-state index contributed by atoms with van der Waals surface area (Å²) >= 11 is 0.